The van der Waals surface area contributed by atoms with Crippen LogP contribution in [0.15, 0.2) is 18.2 Å². The van der Waals surface area contributed by atoms with E-state index in [0.29, 0.717) is 35.9 Å². The second-order valence-electron chi connectivity index (χ2n) is 5.59. The molecule has 118 valence electrons. The number of rotatable bonds is 1. The smallest absolute Gasteiger partial charge is 0.396 e. The van der Waals surface area contributed by atoms with E-state index in [1.54, 1.807) is 6.07 Å². The van der Waals surface area contributed by atoms with E-state index < -0.39 is 17.8 Å². The number of hydrogen-bond acceptors (Lipinski definition) is 2. The van der Waals surface area contributed by atoms with Gasteiger partial charge in [-0.3, -0.25) is 4.57 Å². The van der Waals surface area contributed by atoms with Crippen molar-refractivity contribution in [1.82, 2.24) is 4.57 Å². The van der Waals surface area contributed by atoms with Crippen molar-refractivity contribution in [1.29, 1.82) is 0 Å². The van der Waals surface area contributed by atoms with Gasteiger partial charge in [-0.2, -0.15) is 13.2 Å². The van der Waals surface area contributed by atoms with E-state index in [9.17, 15) is 23.1 Å². The molecule has 2 aromatic rings. The Kier molecular flexibility index (Phi) is 3.40. The molecule has 0 saturated carbocycles. The minimum atomic E-state index is -4.57. The van der Waals surface area contributed by atoms with Crippen LogP contribution in [0.25, 0.3) is 10.9 Å². The molecule has 1 aliphatic rings. The number of fused-ring (bicyclic) bond motifs is 3. The van der Waals surface area contributed by atoms with Gasteiger partial charge in [0.05, 0.1) is 11.1 Å². The molecule has 0 saturated heterocycles. The van der Waals surface area contributed by atoms with Crippen LogP contribution >= 0.6 is 0 Å². The molecule has 0 fully saturated rings. The van der Waals surface area contributed by atoms with Crippen LogP contribution in [0.3, 0.4) is 0 Å². The van der Waals surface area contributed by atoms with Crippen molar-refractivity contribution < 1.29 is 23.1 Å². The van der Waals surface area contributed by atoms with Crippen LogP contribution in [0.2, 0.25) is 0 Å². The summed E-state index contributed by atoms with van der Waals surface area (Å²) in [6.07, 6.45) is -3.07. The van der Waals surface area contributed by atoms with Crippen molar-refractivity contribution in [2.24, 2.45) is 11.7 Å². The molecule has 0 spiro atoms. The predicted molar refractivity (Wildman–Crippen MR) is 74.5 cm³/mol. The fraction of sp³-hybridized carbons (Fsp3) is 0.400. The molecule has 1 amide bonds. The molecule has 1 atom stereocenters. The zero-order valence-electron chi connectivity index (χ0n) is 11.7. The molecule has 0 radical (unpaired) electrons. The number of aliphatic hydroxyl groups is 1. The second-order valence-corrected chi connectivity index (χ2v) is 5.59. The van der Waals surface area contributed by atoms with Gasteiger partial charge in [-0.25, -0.2) is 4.79 Å². The standard InChI is InChI=1S/C15H15F3N2O2/c16-15(17,18)11-3-1-2-9-10-6-8(7-21)4-5-12(10)20(13(9)11)14(19)22/h1-3,8,21H,4-7H2,(H2,19,22). The Morgan fingerprint density at radius 1 is 1.41 bits per heavy atom. The molecule has 3 N–H and O–H groups in total. The number of aromatic nitrogens is 1. The highest BCUT2D eigenvalue weighted by molar-refractivity contribution is 5.97. The molecular weight excluding hydrogens is 297 g/mol. The van der Waals surface area contributed by atoms with Gasteiger partial charge in [-0.05, 0) is 36.8 Å². The molecule has 1 aromatic carbocycles. The van der Waals surface area contributed by atoms with Crippen LogP contribution in [-0.4, -0.2) is 22.3 Å². The van der Waals surface area contributed by atoms with Crippen molar-refractivity contribution in [3.63, 3.8) is 0 Å². The van der Waals surface area contributed by atoms with Crippen LogP contribution in [0.1, 0.15) is 23.2 Å². The molecule has 4 nitrogen and oxygen atoms in total. The number of para-hydroxylation sites is 1. The van der Waals surface area contributed by atoms with E-state index in [-0.39, 0.29) is 18.0 Å². The fourth-order valence-corrected chi connectivity index (χ4v) is 3.30. The van der Waals surface area contributed by atoms with Crippen LogP contribution in [0.5, 0.6) is 0 Å². The van der Waals surface area contributed by atoms with Gasteiger partial charge in [0.2, 0.25) is 0 Å². The summed E-state index contributed by atoms with van der Waals surface area (Å²) < 4.78 is 40.8. The first-order valence-corrected chi connectivity index (χ1v) is 6.97. The van der Waals surface area contributed by atoms with Crippen LogP contribution in [-0.2, 0) is 19.0 Å². The number of nitrogens with zero attached hydrogens (tertiary/aromatic N) is 1. The summed E-state index contributed by atoms with van der Waals surface area (Å²) >= 11 is 0. The number of primary amides is 1. The van der Waals surface area contributed by atoms with Crippen LogP contribution < -0.4 is 5.73 Å². The first kappa shape index (κ1) is 14.9. The number of alkyl halides is 3. The summed E-state index contributed by atoms with van der Waals surface area (Å²) in [7, 11) is 0. The fourth-order valence-electron chi connectivity index (χ4n) is 3.30. The number of benzene rings is 1. The Labute approximate surface area is 124 Å². The minimum absolute atomic E-state index is 0.00558. The van der Waals surface area contributed by atoms with Crippen molar-refractivity contribution in [3.05, 3.63) is 35.0 Å². The quantitative estimate of drug-likeness (QED) is 0.850. The molecule has 22 heavy (non-hydrogen) atoms. The largest absolute Gasteiger partial charge is 0.418 e. The van der Waals surface area contributed by atoms with E-state index in [0.717, 1.165) is 10.6 Å². The highest BCUT2D eigenvalue weighted by Gasteiger charge is 2.37. The van der Waals surface area contributed by atoms with Crippen LogP contribution in [0, 0.1) is 5.92 Å². The maximum Gasteiger partial charge on any atom is 0.418 e. The molecule has 3 rings (SSSR count). The number of halogens is 3. The third-order valence-electron chi connectivity index (χ3n) is 4.27. The van der Waals surface area contributed by atoms with Gasteiger partial charge in [0, 0.05) is 17.7 Å². The van der Waals surface area contributed by atoms with E-state index in [2.05, 4.69) is 0 Å². The lowest BCUT2D eigenvalue weighted by Gasteiger charge is -2.21. The van der Waals surface area contributed by atoms with E-state index >= 15 is 0 Å². The van der Waals surface area contributed by atoms with Gasteiger partial charge in [0.25, 0.3) is 0 Å². The summed E-state index contributed by atoms with van der Waals surface area (Å²) in [6.45, 7) is -0.0261. The summed E-state index contributed by atoms with van der Waals surface area (Å²) in [5.74, 6) is -0.00558. The topological polar surface area (TPSA) is 68.2 Å². The molecule has 1 aliphatic carbocycles. The van der Waals surface area contributed by atoms with Crippen molar-refractivity contribution in [2.75, 3.05) is 6.61 Å². The zero-order chi connectivity index (χ0) is 16.1. The lowest BCUT2D eigenvalue weighted by molar-refractivity contribution is -0.136. The van der Waals surface area contributed by atoms with Gasteiger partial charge in [-0.1, -0.05) is 12.1 Å². The van der Waals surface area contributed by atoms with E-state index in [4.69, 9.17) is 5.73 Å². The number of aliphatic hydroxyl groups excluding tert-OH is 1. The number of carbonyl (C=O) groups excluding carboxylic acids is 1. The Morgan fingerprint density at radius 2 is 2.14 bits per heavy atom. The molecule has 1 unspecified atom stereocenters. The van der Waals surface area contributed by atoms with Crippen molar-refractivity contribution in [2.45, 2.75) is 25.4 Å². The van der Waals surface area contributed by atoms with E-state index in [1.165, 1.54) is 6.07 Å². The normalized spacial score (nSPS) is 18.5. The monoisotopic (exact) mass is 312 g/mol. The predicted octanol–water partition coefficient (Wildman–Crippen LogP) is 2.68. The van der Waals surface area contributed by atoms with Gasteiger partial charge < -0.3 is 10.8 Å². The summed E-state index contributed by atoms with van der Waals surface area (Å²) in [4.78, 5) is 11.7. The number of amides is 1. The Hall–Kier alpha value is -2.02. The van der Waals surface area contributed by atoms with E-state index in [1.807, 2.05) is 0 Å². The summed E-state index contributed by atoms with van der Waals surface area (Å²) in [5.41, 5.74) is 5.51. The molecule has 1 heterocycles. The highest BCUT2D eigenvalue weighted by Crippen LogP contribution is 2.40. The maximum absolute atomic E-state index is 13.3. The molecule has 0 aliphatic heterocycles. The molecule has 7 heteroatoms. The summed E-state index contributed by atoms with van der Waals surface area (Å²) in [5, 5.41) is 9.70. The summed E-state index contributed by atoms with van der Waals surface area (Å²) in [6, 6.07) is 2.95. The van der Waals surface area contributed by atoms with Gasteiger partial charge in [-0.15, -0.1) is 0 Å². The molecular formula is C15H15F3N2O2. The number of carbonyl (C=O) groups is 1. The van der Waals surface area contributed by atoms with Gasteiger partial charge >= 0.3 is 12.2 Å². The molecule has 0 bridgehead atoms. The average Bonchev–Trinajstić information content (AvgIpc) is 2.79. The Balaban J connectivity index is 2.36. The maximum atomic E-state index is 13.3. The highest BCUT2D eigenvalue weighted by atomic mass is 19.4. The van der Waals surface area contributed by atoms with Gasteiger partial charge in [0.15, 0.2) is 0 Å². The van der Waals surface area contributed by atoms with Crippen molar-refractivity contribution in [3.8, 4) is 0 Å². The third-order valence-corrected chi connectivity index (χ3v) is 4.27. The van der Waals surface area contributed by atoms with Crippen molar-refractivity contribution >= 4 is 16.9 Å². The lowest BCUT2D eigenvalue weighted by Crippen LogP contribution is -2.26. The third kappa shape index (κ3) is 2.16. The minimum Gasteiger partial charge on any atom is -0.396 e. The molecule has 1 aromatic heterocycles. The van der Waals surface area contributed by atoms with Crippen LogP contribution in [0.4, 0.5) is 18.0 Å². The number of hydrogen-bond donors (Lipinski definition) is 2. The lowest BCUT2D eigenvalue weighted by atomic mass is 9.87. The first-order valence-electron chi connectivity index (χ1n) is 6.97. The SMILES string of the molecule is NC(=O)n1c2c(c3cccc(C(F)(F)F)c31)CC(CO)CC2. The zero-order valence-corrected chi connectivity index (χ0v) is 11.7. The average molecular weight is 312 g/mol. The van der Waals surface area contributed by atoms with Gasteiger partial charge in [0.1, 0.15) is 0 Å². The Morgan fingerprint density at radius 3 is 2.73 bits per heavy atom. The number of nitrogens with two attached hydrogens (primary N) is 1. The second kappa shape index (κ2) is 5.01. The first-order chi connectivity index (χ1) is 10.3. The Bertz CT molecular complexity index is 749.